The molecule has 0 amide bonds. The van der Waals surface area contributed by atoms with Crippen LogP contribution in [-0.2, 0) is 18.5 Å². The third-order valence-electron chi connectivity index (χ3n) is 7.66. The van der Waals surface area contributed by atoms with Crippen molar-refractivity contribution in [2.45, 2.75) is 39.3 Å². The van der Waals surface area contributed by atoms with Crippen LogP contribution in [0.4, 0.5) is 11.6 Å². The van der Waals surface area contributed by atoms with Crippen LogP contribution >= 0.6 is 0 Å². The maximum absolute atomic E-state index is 14.1. The lowest BCUT2D eigenvalue weighted by Gasteiger charge is -2.29. The maximum atomic E-state index is 14.1. The molecular formula is C31H30N6O2. The summed E-state index contributed by atoms with van der Waals surface area (Å²) in [7, 11) is 0. The molecule has 0 bridgehead atoms. The molecule has 1 aliphatic rings. The molecule has 0 fully saturated rings. The Morgan fingerprint density at radius 1 is 1.03 bits per heavy atom. The van der Waals surface area contributed by atoms with Crippen molar-refractivity contribution in [2.24, 2.45) is 0 Å². The van der Waals surface area contributed by atoms with E-state index in [0.29, 0.717) is 23.6 Å². The number of hydrogen-bond donors (Lipinski definition) is 3. The number of phenolic OH excluding ortho intramolecular Hbond substituents is 1. The molecule has 3 heterocycles. The molecule has 0 spiro atoms. The molecule has 0 radical (unpaired) electrons. The lowest BCUT2D eigenvalue weighted by atomic mass is 9.86. The first-order valence-corrected chi connectivity index (χ1v) is 13.0. The summed E-state index contributed by atoms with van der Waals surface area (Å²) in [6, 6.07) is 23.1. The number of fused-ring (bicyclic) bond motifs is 2. The number of hydrazine groups is 1. The van der Waals surface area contributed by atoms with Crippen LogP contribution in [0.2, 0.25) is 0 Å². The molecular weight excluding hydrogens is 488 g/mol. The van der Waals surface area contributed by atoms with Crippen molar-refractivity contribution < 1.29 is 5.11 Å². The van der Waals surface area contributed by atoms with E-state index in [1.54, 1.807) is 18.2 Å². The normalized spacial score (nSPS) is 16.5. The Morgan fingerprint density at radius 2 is 1.82 bits per heavy atom. The number of aromatic nitrogens is 3. The van der Waals surface area contributed by atoms with Crippen LogP contribution in [0, 0.1) is 6.92 Å². The largest absolute Gasteiger partial charge is 0.508 e. The van der Waals surface area contributed by atoms with E-state index in [-0.39, 0.29) is 11.3 Å². The second-order valence-corrected chi connectivity index (χ2v) is 10.1. The molecule has 1 aliphatic heterocycles. The van der Waals surface area contributed by atoms with Crippen molar-refractivity contribution in [3.63, 3.8) is 0 Å². The Bertz CT molecular complexity index is 1800. The molecule has 1 atom stereocenters. The van der Waals surface area contributed by atoms with Gasteiger partial charge in [0, 0.05) is 5.69 Å². The minimum atomic E-state index is -0.806. The van der Waals surface area contributed by atoms with Crippen molar-refractivity contribution in [3.05, 3.63) is 117 Å². The van der Waals surface area contributed by atoms with Crippen molar-refractivity contribution in [1.82, 2.24) is 20.0 Å². The Kier molecular flexibility index (Phi) is 5.84. The van der Waals surface area contributed by atoms with E-state index in [2.05, 4.69) is 34.5 Å². The fourth-order valence-electron chi connectivity index (χ4n) is 5.75. The zero-order valence-electron chi connectivity index (χ0n) is 22.1. The van der Waals surface area contributed by atoms with E-state index in [1.165, 1.54) is 6.33 Å². The van der Waals surface area contributed by atoms with E-state index in [4.69, 9.17) is 5.73 Å². The van der Waals surface area contributed by atoms with Gasteiger partial charge in [-0.15, -0.1) is 0 Å². The number of hydrogen-bond acceptors (Lipinski definition) is 7. The van der Waals surface area contributed by atoms with E-state index >= 15 is 0 Å². The summed E-state index contributed by atoms with van der Waals surface area (Å²) < 4.78 is 1.82. The molecule has 2 aromatic heterocycles. The van der Waals surface area contributed by atoms with Gasteiger partial charge in [0.25, 0.3) is 5.56 Å². The predicted molar refractivity (Wildman–Crippen MR) is 154 cm³/mol. The standard InChI is InChI=1S/C31H30N6O2/c1-4-20-10-5-6-14-25(20)37-23(15-21-11-7-9-19(2)26(21)30(37)39)17-36-29-27(28(32)33-18-34-29)31(3,35-36)22-12-8-13-24(38)16-22/h5-16,18,35,38H,4,17H2,1-3H3,(H2,32,33,34). The van der Waals surface area contributed by atoms with E-state index in [0.717, 1.165) is 45.4 Å². The minimum absolute atomic E-state index is 0.0566. The average Bonchev–Trinajstić information content (AvgIpc) is 3.22. The van der Waals surface area contributed by atoms with Gasteiger partial charge in [0.15, 0.2) is 5.82 Å². The molecule has 3 aromatic carbocycles. The molecule has 8 nitrogen and oxygen atoms in total. The van der Waals surface area contributed by atoms with Crippen LogP contribution in [0.1, 0.15) is 41.8 Å². The van der Waals surface area contributed by atoms with Gasteiger partial charge in [-0.05, 0) is 66.6 Å². The number of pyridine rings is 1. The van der Waals surface area contributed by atoms with E-state index in [9.17, 15) is 9.90 Å². The number of para-hydroxylation sites is 1. The monoisotopic (exact) mass is 518 g/mol. The number of nitrogens with one attached hydrogen (secondary N) is 1. The van der Waals surface area contributed by atoms with Gasteiger partial charge in [0.2, 0.25) is 0 Å². The number of nitrogens with zero attached hydrogens (tertiary/aromatic N) is 4. The van der Waals surface area contributed by atoms with Crippen LogP contribution in [-0.4, -0.2) is 19.6 Å². The van der Waals surface area contributed by atoms with Crippen molar-refractivity contribution in [1.29, 1.82) is 0 Å². The summed E-state index contributed by atoms with van der Waals surface area (Å²) in [5.41, 5.74) is 14.3. The number of aromatic hydroxyl groups is 1. The summed E-state index contributed by atoms with van der Waals surface area (Å²) in [5.74, 6) is 1.13. The molecule has 1 unspecified atom stereocenters. The number of nitrogens with two attached hydrogens (primary N) is 1. The first kappa shape index (κ1) is 24.6. The van der Waals surface area contributed by atoms with Gasteiger partial charge >= 0.3 is 0 Å². The third kappa shape index (κ3) is 3.92. The number of nitrogen functional groups attached to an aromatic ring is 1. The van der Waals surface area contributed by atoms with Gasteiger partial charge < -0.3 is 10.8 Å². The highest BCUT2D eigenvalue weighted by atomic mass is 16.3. The number of benzene rings is 3. The minimum Gasteiger partial charge on any atom is -0.508 e. The Labute approximate surface area is 226 Å². The highest BCUT2D eigenvalue weighted by Gasteiger charge is 2.44. The molecule has 5 aromatic rings. The number of anilines is 2. The summed E-state index contributed by atoms with van der Waals surface area (Å²) in [4.78, 5) is 23.0. The highest BCUT2D eigenvalue weighted by molar-refractivity contribution is 5.85. The molecule has 6 rings (SSSR count). The molecule has 4 N–H and O–H groups in total. The molecule has 196 valence electrons. The highest BCUT2D eigenvalue weighted by Crippen LogP contribution is 2.44. The second-order valence-electron chi connectivity index (χ2n) is 10.1. The SMILES string of the molecule is CCc1ccccc1-n1c(CN2NC(C)(c3cccc(O)c3)c3c(N)ncnc32)cc2cccc(C)c2c1=O. The van der Waals surface area contributed by atoms with Crippen LogP contribution in [0.5, 0.6) is 5.75 Å². The first-order valence-electron chi connectivity index (χ1n) is 13.0. The smallest absolute Gasteiger partial charge is 0.263 e. The molecule has 0 saturated heterocycles. The van der Waals surface area contributed by atoms with Gasteiger partial charge in [-0.2, -0.15) is 0 Å². The van der Waals surface area contributed by atoms with Crippen LogP contribution in [0.3, 0.4) is 0 Å². The predicted octanol–water partition coefficient (Wildman–Crippen LogP) is 4.73. The summed E-state index contributed by atoms with van der Waals surface area (Å²) in [6.07, 6.45) is 2.23. The zero-order chi connectivity index (χ0) is 27.3. The van der Waals surface area contributed by atoms with Gasteiger partial charge in [-0.25, -0.2) is 15.4 Å². The summed E-state index contributed by atoms with van der Waals surface area (Å²) in [5, 5.41) is 13.7. The van der Waals surface area contributed by atoms with Crippen LogP contribution in [0.15, 0.2) is 83.9 Å². The van der Waals surface area contributed by atoms with Gasteiger partial charge in [-0.1, -0.05) is 55.5 Å². The van der Waals surface area contributed by atoms with Crippen molar-refractivity contribution in [2.75, 3.05) is 10.7 Å². The average molecular weight is 519 g/mol. The lowest BCUT2D eigenvalue weighted by molar-refractivity contribution is 0.442. The fraction of sp³-hybridized carbons (Fsp3) is 0.194. The third-order valence-corrected chi connectivity index (χ3v) is 7.66. The first-order chi connectivity index (χ1) is 18.8. The second kappa shape index (κ2) is 9.25. The van der Waals surface area contributed by atoms with E-state index < -0.39 is 5.54 Å². The summed E-state index contributed by atoms with van der Waals surface area (Å²) in [6.45, 7) is 6.38. The molecule has 39 heavy (non-hydrogen) atoms. The van der Waals surface area contributed by atoms with Crippen LogP contribution in [0.25, 0.3) is 16.5 Å². The number of aryl methyl sites for hydroxylation is 2. The van der Waals surface area contributed by atoms with Gasteiger partial charge in [-0.3, -0.25) is 14.4 Å². The number of phenols is 1. The Balaban J connectivity index is 1.56. The van der Waals surface area contributed by atoms with Gasteiger partial charge in [0.05, 0.1) is 28.7 Å². The Hall–Kier alpha value is -4.69. The van der Waals surface area contributed by atoms with Crippen LogP contribution < -0.4 is 21.7 Å². The van der Waals surface area contributed by atoms with Crippen molar-refractivity contribution >= 4 is 22.4 Å². The molecule has 0 saturated carbocycles. The zero-order valence-corrected chi connectivity index (χ0v) is 22.1. The van der Waals surface area contributed by atoms with Crippen molar-refractivity contribution in [3.8, 4) is 11.4 Å². The number of rotatable bonds is 5. The fourth-order valence-corrected chi connectivity index (χ4v) is 5.75. The van der Waals surface area contributed by atoms with Gasteiger partial charge in [0.1, 0.15) is 17.9 Å². The summed E-state index contributed by atoms with van der Waals surface area (Å²) >= 11 is 0. The quantitative estimate of drug-likeness (QED) is 0.309. The topological polar surface area (TPSA) is 109 Å². The maximum Gasteiger partial charge on any atom is 0.263 e. The molecule has 8 heteroatoms. The molecule has 0 aliphatic carbocycles. The lowest BCUT2D eigenvalue weighted by Crippen LogP contribution is -2.45. The van der Waals surface area contributed by atoms with E-state index in [1.807, 2.05) is 65.9 Å². The Morgan fingerprint density at radius 3 is 2.62 bits per heavy atom.